The van der Waals surface area contributed by atoms with Gasteiger partial charge in [-0.2, -0.15) is 0 Å². The number of carbonyl (C=O) groups is 2. The van der Waals surface area contributed by atoms with Crippen LogP contribution in [0.5, 0.6) is 0 Å². The molecular weight excluding hydrogens is 449 g/mol. The van der Waals surface area contributed by atoms with Crippen molar-refractivity contribution in [3.8, 4) is 0 Å². The van der Waals surface area contributed by atoms with Crippen molar-refractivity contribution >= 4 is 22.7 Å². The molecule has 7 nitrogen and oxygen atoms in total. The summed E-state index contributed by atoms with van der Waals surface area (Å²) >= 11 is 0. The highest BCUT2D eigenvalue weighted by Gasteiger charge is 2.50. The second-order valence-corrected chi connectivity index (χ2v) is 10.9. The topological polar surface area (TPSA) is 75.0 Å². The Labute approximate surface area is 205 Å². The summed E-state index contributed by atoms with van der Waals surface area (Å²) in [5.41, 5.74) is 1.76. The van der Waals surface area contributed by atoms with Gasteiger partial charge in [-0.25, -0.2) is 4.39 Å². The van der Waals surface area contributed by atoms with Gasteiger partial charge in [0, 0.05) is 43.7 Å². The highest BCUT2D eigenvalue weighted by atomic mass is 19.1. The average Bonchev–Trinajstić information content (AvgIpc) is 3.13. The standard InChI is InChI=1S/C27H36FN3O4/c1-18(32)29(3)24-15-27(35-17-26(24,2)34)10-12-30(13-11-27)25(33)16-31-22-7-5-4-6-20(22)21-14-19(28)8-9-23(21)31/h8-9,14,24,34H,4-7,10-13,15-17H2,1-3H3/t24-,26-/m0/s1. The van der Waals surface area contributed by atoms with E-state index in [0.717, 1.165) is 36.6 Å². The number of hydrogen-bond donors (Lipinski definition) is 1. The fraction of sp³-hybridized carbons (Fsp3) is 0.630. The smallest absolute Gasteiger partial charge is 0.242 e. The minimum absolute atomic E-state index is 0.0645. The number of fused-ring (bicyclic) bond motifs is 3. The molecule has 0 unspecified atom stereocenters. The van der Waals surface area contributed by atoms with Crippen LogP contribution in [0.25, 0.3) is 10.9 Å². The molecule has 2 aromatic rings. The molecule has 2 saturated heterocycles. The second-order valence-electron chi connectivity index (χ2n) is 10.9. The summed E-state index contributed by atoms with van der Waals surface area (Å²) in [7, 11) is 1.73. The molecule has 2 fully saturated rings. The number of aryl methyl sites for hydroxylation is 1. The predicted octanol–water partition coefficient (Wildman–Crippen LogP) is 3.04. The molecule has 1 aromatic heterocycles. The van der Waals surface area contributed by atoms with Crippen LogP contribution in [-0.2, 0) is 33.7 Å². The second kappa shape index (κ2) is 8.89. The largest absolute Gasteiger partial charge is 0.386 e. The van der Waals surface area contributed by atoms with Gasteiger partial charge in [-0.15, -0.1) is 0 Å². The number of benzene rings is 1. The number of nitrogens with zero attached hydrogens (tertiary/aromatic N) is 3. The van der Waals surface area contributed by atoms with Crippen LogP contribution in [0.15, 0.2) is 18.2 Å². The van der Waals surface area contributed by atoms with Crippen LogP contribution in [-0.4, -0.2) is 75.3 Å². The third kappa shape index (κ3) is 4.35. The van der Waals surface area contributed by atoms with Crippen LogP contribution < -0.4 is 0 Å². The number of amides is 2. The zero-order chi connectivity index (χ0) is 25.0. The molecule has 0 radical (unpaired) electrons. The Morgan fingerprint density at radius 2 is 1.94 bits per heavy atom. The number of likely N-dealkylation sites (N-methyl/N-ethyl adjacent to an activating group) is 1. The lowest BCUT2D eigenvalue weighted by molar-refractivity contribution is -0.209. The number of piperidine rings is 1. The van der Waals surface area contributed by atoms with Gasteiger partial charge >= 0.3 is 0 Å². The molecule has 2 aliphatic heterocycles. The van der Waals surface area contributed by atoms with Crippen LogP contribution in [0.2, 0.25) is 0 Å². The molecule has 3 aliphatic rings. The van der Waals surface area contributed by atoms with E-state index in [1.807, 2.05) is 4.90 Å². The molecule has 1 aromatic carbocycles. The number of ether oxygens (including phenoxy) is 1. The Morgan fingerprint density at radius 3 is 2.66 bits per heavy atom. The molecule has 5 rings (SSSR count). The van der Waals surface area contributed by atoms with Crippen LogP contribution in [0.1, 0.15) is 57.2 Å². The van der Waals surface area contributed by atoms with Gasteiger partial charge in [0.25, 0.3) is 0 Å². The summed E-state index contributed by atoms with van der Waals surface area (Å²) in [6, 6.07) is 4.56. The summed E-state index contributed by atoms with van der Waals surface area (Å²) in [4.78, 5) is 28.9. The van der Waals surface area contributed by atoms with E-state index in [9.17, 15) is 19.1 Å². The van der Waals surface area contributed by atoms with Gasteiger partial charge in [0.2, 0.25) is 11.8 Å². The molecule has 2 amide bonds. The van der Waals surface area contributed by atoms with E-state index in [-0.39, 0.29) is 36.8 Å². The molecule has 35 heavy (non-hydrogen) atoms. The van der Waals surface area contributed by atoms with Crippen molar-refractivity contribution in [2.75, 3.05) is 26.7 Å². The quantitative estimate of drug-likeness (QED) is 0.725. The van der Waals surface area contributed by atoms with Crippen molar-refractivity contribution in [3.63, 3.8) is 0 Å². The highest BCUT2D eigenvalue weighted by Crippen LogP contribution is 2.40. The fourth-order valence-electron chi connectivity index (χ4n) is 6.34. The molecule has 190 valence electrons. The van der Waals surface area contributed by atoms with Crippen molar-refractivity contribution in [1.29, 1.82) is 0 Å². The molecule has 2 atom stereocenters. The van der Waals surface area contributed by atoms with Gasteiger partial charge in [0.1, 0.15) is 18.0 Å². The lowest BCUT2D eigenvalue weighted by Gasteiger charge is -2.52. The number of likely N-dealkylation sites (tertiary alicyclic amines) is 1. The zero-order valence-electron chi connectivity index (χ0n) is 21.0. The van der Waals surface area contributed by atoms with Crippen molar-refractivity contribution < 1.29 is 23.8 Å². The first kappa shape index (κ1) is 24.3. The SMILES string of the molecule is CC(=O)N(C)[C@H]1CC2(CCN(C(=O)Cn3c4c(c5cc(F)ccc53)CCCC4)CC2)OC[C@]1(C)O. The number of aromatic nitrogens is 1. The molecule has 1 aliphatic carbocycles. The van der Waals surface area contributed by atoms with Crippen LogP contribution in [0.3, 0.4) is 0 Å². The van der Waals surface area contributed by atoms with Crippen LogP contribution in [0, 0.1) is 5.82 Å². The average molecular weight is 486 g/mol. The highest BCUT2D eigenvalue weighted by molar-refractivity contribution is 5.88. The first-order valence-electron chi connectivity index (χ1n) is 12.8. The van der Waals surface area contributed by atoms with Crippen molar-refractivity contribution in [3.05, 3.63) is 35.3 Å². The number of halogens is 1. The molecular formula is C27H36FN3O4. The van der Waals surface area contributed by atoms with Crippen LogP contribution >= 0.6 is 0 Å². The zero-order valence-corrected chi connectivity index (χ0v) is 21.0. The van der Waals surface area contributed by atoms with Gasteiger partial charge in [-0.3, -0.25) is 9.59 Å². The Bertz CT molecular complexity index is 1150. The van der Waals surface area contributed by atoms with E-state index in [0.29, 0.717) is 32.4 Å². The van der Waals surface area contributed by atoms with Crippen molar-refractivity contribution in [1.82, 2.24) is 14.4 Å². The number of hydrogen-bond acceptors (Lipinski definition) is 4. The maximum atomic E-state index is 14.0. The third-order valence-electron chi connectivity index (χ3n) is 8.58. The van der Waals surface area contributed by atoms with Crippen molar-refractivity contribution in [2.45, 2.75) is 82.6 Å². The minimum Gasteiger partial charge on any atom is -0.386 e. The Kier molecular flexibility index (Phi) is 6.16. The first-order chi connectivity index (χ1) is 16.6. The molecule has 8 heteroatoms. The number of aliphatic hydroxyl groups is 1. The predicted molar refractivity (Wildman–Crippen MR) is 131 cm³/mol. The minimum atomic E-state index is -1.10. The maximum absolute atomic E-state index is 14.0. The van der Waals surface area contributed by atoms with Gasteiger partial charge < -0.3 is 24.2 Å². The van der Waals surface area contributed by atoms with Crippen molar-refractivity contribution in [2.24, 2.45) is 0 Å². The molecule has 3 heterocycles. The van der Waals surface area contributed by atoms with E-state index < -0.39 is 11.2 Å². The van der Waals surface area contributed by atoms with E-state index in [1.165, 1.54) is 24.2 Å². The monoisotopic (exact) mass is 485 g/mol. The summed E-state index contributed by atoms with van der Waals surface area (Å²) in [6.45, 7) is 4.81. The lowest BCUT2D eigenvalue weighted by atomic mass is 9.77. The summed E-state index contributed by atoms with van der Waals surface area (Å²) in [6.07, 6.45) is 5.93. The first-order valence-corrected chi connectivity index (χ1v) is 12.8. The van der Waals surface area contributed by atoms with Gasteiger partial charge in [0.15, 0.2) is 0 Å². The third-order valence-corrected chi connectivity index (χ3v) is 8.58. The van der Waals surface area contributed by atoms with Gasteiger partial charge in [0.05, 0.1) is 18.2 Å². The number of rotatable bonds is 3. The Hall–Kier alpha value is -2.45. The van der Waals surface area contributed by atoms with E-state index in [2.05, 4.69) is 4.57 Å². The maximum Gasteiger partial charge on any atom is 0.242 e. The van der Waals surface area contributed by atoms with Gasteiger partial charge in [-0.05, 0) is 75.6 Å². The fourth-order valence-corrected chi connectivity index (χ4v) is 6.34. The van der Waals surface area contributed by atoms with E-state index in [4.69, 9.17) is 4.74 Å². The van der Waals surface area contributed by atoms with E-state index in [1.54, 1.807) is 31.0 Å². The summed E-state index contributed by atoms with van der Waals surface area (Å²) in [5.74, 6) is -0.257. The molecule has 1 spiro atoms. The molecule has 0 saturated carbocycles. The lowest BCUT2D eigenvalue weighted by Crippen LogP contribution is -2.64. The Morgan fingerprint density at radius 1 is 1.23 bits per heavy atom. The molecule has 0 bridgehead atoms. The molecule has 1 N–H and O–H groups in total. The Balaban J connectivity index is 1.30. The van der Waals surface area contributed by atoms with E-state index >= 15 is 0 Å². The van der Waals surface area contributed by atoms with Crippen LogP contribution in [0.4, 0.5) is 4.39 Å². The summed E-state index contributed by atoms with van der Waals surface area (Å²) < 4.78 is 22.3. The van der Waals surface area contributed by atoms with Gasteiger partial charge in [-0.1, -0.05) is 0 Å². The number of carbonyl (C=O) groups excluding carboxylic acids is 2. The summed E-state index contributed by atoms with van der Waals surface area (Å²) in [5, 5.41) is 11.8. The normalized spacial score (nSPS) is 26.1.